The van der Waals surface area contributed by atoms with Gasteiger partial charge in [0.25, 0.3) is 0 Å². The molecule has 0 bridgehead atoms. The Balaban J connectivity index is 1.92. The van der Waals surface area contributed by atoms with E-state index >= 15 is 0 Å². The van der Waals surface area contributed by atoms with Crippen molar-refractivity contribution in [1.82, 2.24) is 0 Å². The molecule has 0 fully saturated rings. The summed E-state index contributed by atoms with van der Waals surface area (Å²) in [5.74, 6) is -0.215. The Morgan fingerprint density at radius 1 is 1.21 bits per heavy atom. The number of carbonyl (C=O) groups is 1. The molecule has 4 nitrogen and oxygen atoms in total. The first-order valence-corrected chi connectivity index (χ1v) is 7.67. The van der Waals surface area contributed by atoms with Crippen LogP contribution in [0.5, 0.6) is 5.75 Å². The molecule has 1 aliphatic heterocycles. The highest BCUT2D eigenvalue weighted by atomic mass is 19.1. The van der Waals surface area contributed by atoms with E-state index in [2.05, 4.69) is 4.99 Å². The van der Waals surface area contributed by atoms with Crippen molar-refractivity contribution in [2.45, 2.75) is 13.3 Å². The number of esters is 1. The van der Waals surface area contributed by atoms with Gasteiger partial charge in [0, 0.05) is 11.1 Å². The van der Waals surface area contributed by atoms with Crippen LogP contribution >= 0.6 is 0 Å². The number of benzene rings is 2. The molecule has 122 valence electrons. The molecule has 3 rings (SSSR count). The molecular weight excluding hydrogens is 309 g/mol. The number of halogens is 1. The van der Waals surface area contributed by atoms with E-state index in [0.29, 0.717) is 17.9 Å². The lowest BCUT2D eigenvalue weighted by molar-refractivity contribution is -0.129. The number of hydrogen-bond donors (Lipinski definition) is 0. The molecule has 0 aliphatic carbocycles. The van der Waals surface area contributed by atoms with Crippen molar-refractivity contribution in [3.63, 3.8) is 0 Å². The Hall–Kier alpha value is -2.95. The van der Waals surface area contributed by atoms with Crippen LogP contribution in [0, 0.1) is 5.82 Å². The molecule has 0 radical (unpaired) electrons. The van der Waals surface area contributed by atoms with Crippen molar-refractivity contribution in [2.24, 2.45) is 4.99 Å². The van der Waals surface area contributed by atoms with Gasteiger partial charge in [-0.1, -0.05) is 31.2 Å². The fraction of sp³-hybridized carbons (Fsp3) is 0.158. The van der Waals surface area contributed by atoms with E-state index in [9.17, 15) is 9.18 Å². The van der Waals surface area contributed by atoms with Crippen LogP contribution in [0.3, 0.4) is 0 Å². The summed E-state index contributed by atoms with van der Waals surface area (Å²) >= 11 is 0. The minimum atomic E-state index is -0.570. The molecular formula is C19H16FNO3. The molecule has 1 aliphatic rings. The maximum Gasteiger partial charge on any atom is 0.363 e. The van der Waals surface area contributed by atoms with Crippen molar-refractivity contribution in [2.75, 3.05) is 6.61 Å². The van der Waals surface area contributed by atoms with Crippen LogP contribution in [0.2, 0.25) is 0 Å². The molecule has 0 spiro atoms. The highest BCUT2D eigenvalue weighted by Crippen LogP contribution is 2.25. The second-order valence-corrected chi connectivity index (χ2v) is 5.23. The molecule has 0 atom stereocenters. The van der Waals surface area contributed by atoms with E-state index < -0.39 is 11.8 Å². The van der Waals surface area contributed by atoms with Gasteiger partial charge in [-0.25, -0.2) is 14.2 Å². The molecule has 5 heteroatoms. The molecule has 0 saturated heterocycles. The largest absolute Gasteiger partial charge is 0.493 e. The van der Waals surface area contributed by atoms with Gasteiger partial charge < -0.3 is 9.47 Å². The number of aliphatic imine (C=N–C) groups is 1. The van der Waals surface area contributed by atoms with Gasteiger partial charge in [0.05, 0.1) is 6.61 Å². The van der Waals surface area contributed by atoms with E-state index in [1.165, 1.54) is 18.2 Å². The topological polar surface area (TPSA) is 47.9 Å². The van der Waals surface area contributed by atoms with Gasteiger partial charge in [0.2, 0.25) is 5.90 Å². The summed E-state index contributed by atoms with van der Waals surface area (Å²) in [6.45, 7) is 2.60. The summed E-state index contributed by atoms with van der Waals surface area (Å²) in [6.07, 6.45) is 2.49. The van der Waals surface area contributed by atoms with Gasteiger partial charge in [-0.3, -0.25) is 0 Å². The molecule has 0 amide bonds. The Morgan fingerprint density at radius 2 is 2.04 bits per heavy atom. The van der Waals surface area contributed by atoms with Crippen molar-refractivity contribution >= 4 is 17.9 Å². The Kier molecular flexibility index (Phi) is 4.70. The summed E-state index contributed by atoms with van der Waals surface area (Å²) in [7, 11) is 0. The normalized spacial score (nSPS) is 15.3. The summed E-state index contributed by atoms with van der Waals surface area (Å²) in [5, 5.41) is 0. The summed E-state index contributed by atoms with van der Waals surface area (Å²) < 4.78 is 24.1. The zero-order chi connectivity index (χ0) is 16.9. The third-order valence-electron chi connectivity index (χ3n) is 3.36. The molecule has 0 N–H and O–H groups in total. The van der Waals surface area contributed by atoms with Gasteiger partial charge in [0.1, 0.15) is 11.6 Å². The lowest BCUT2D eigenvalue weighted by Gasteiger charge is -2.07. The lowest BCUT2D eigenvalue weighted by Crippen LogP contribution is -2.05. The van der Waals surface area contributed by atoms with Crippen molar-refractivity contribution < 1.29 is 18.7 Å². The second kappa shape index (κ2) is 7.08. The summed E-state index contributed by atoms with van der Waals surface area (Å²) in [5.41, 5.74) is 1.31. The first kappa shape index (κ1) is 15.9. The van der Waals surface area contributed by atoms with Gasteiger partial charge in [0.15, 0.2) is 5.70 Å². The van der Waals surface area contributed by atoms with Gasteiger partial charge in [-0.15, -0.1) is 0 Å². The Morgan fingerprint density at radius 3 is 2.83 bits per heavy atom. The van der Waals surface area contributed by atoms with E-state index in [-0.39, 0.29) is 11.6 Å². The number of hydrogen-bond acceptors (Lipinski definition) is 4. The standard InChI is InChI=1S/C19H16FNO3/c1-2-10-23-17-9-4-3-6-13(17)12-16-19(22)24-18(21-16)14-7-5-8-15(20)11-14/h3-9,11-12H,2,10H2,1H3. The molecule has 0 unspecified atom stereocenters. The van der Waals surface area contributed by atoms with Crippen LogP contribution in [0.25, 0.3) is 6.08 Å². The van der Waals surface area contributed by atoms with E-state index in [1.54, 1.807) is 12.1 Å². The molecule has 24 heavy (non-hydrogen) atoms. The van der Waals surface area contributed by atoms with Gasteiger partial charge in [-0.2, -0.15) is 0 Å². The average molecular weight is 325 g/mol. The number of ether oxygens (including phenoxy) is 2. The van der Waals surface area contributed by atoms with Crippen molar-refractivity contribution in [3.05, 3.63) is 71.2 Å². The minimum Gasteiger partial charge on any atom is -0.493 e. The molecule has 0 aromatic heterocycles. The SMILES string of the molecule is CCCOc1ccccc1C=C1N=C(c2cccc(F)c2)OC1=O. The molecule has 2 aromatic carbocycles. The number of carbonyl (C=O) groups excluding carboxylic acids is 1. The lowest BCUT2D eigenvalue weighted by atomic mass is 10.1. The predicted octanol–water partition coefficient (Wildman–Crippen LogP) is 3.96. The average Bonchev–Trinajstić information content (AvgIpc) is 2.95. The third kappa shape index (κ3) is 3.51. The number of rotatable bonds is 5. The first-order valence-electron chi connectivity index (χ1n) is 7.67. The monoisotopic (exact) mass is 325 g/mol. The van der Waals surface area contributed by atoms with E-state index in [4.69, 9.17) is 9.47 Å². The fourth-order valence-electron chi connectivity index (χ4n) is 2.24. The van der Waals surface area contributed by atoms with Crippen molar-refractivity contribution in [3.8, 4) is 5.75 Å². The van der Waals surface area contributed by atoms with Crippen LogP contribution < -0.4 is 4.74 Å². The van der Waals surface area contributed by atoms with Gasteiger partial charge >= 0.3 is 5.97 Å². The molecule has 0 saturated carbocycles. The van der Waals surface area contributed by atoms with E-state index in [1.807, 2.05) is 31.2 Å². The Labute approximate surface area is 139 Å². The minimum absolute atomic E-state index is 0.0951. The third-order valence-corrected chi connectivity index (χ3v) is 3.36. The van der Waals surface area contributed by atoms with Crippen LogP contribution in [0.4, 0.5) is 4.39 Å². The molecule has 2 aromatic rings. The fourth-order valence-corrected chi connectivity index (χ4v) is 2.24. The number of nitrogens with zero attached hydrogens (tertiary/aromatic N) is 1. The maximum atomic E-state index is 13.3. The quantitative estimate of drug-likeness (QED) is 0.617. The van der Waals surface area contributed by atoms with Crippen molar-refractivity contribution in [1.29, 1.82) is 0 Å². The van der Waals surface area contributed by atoms with Crippen LogP contribution in [-0.4, -0.2) is 18.5 Å². The summed E-state index contributed by atoms with van der Waals surface area (Å²) in [4.78, 5) is 16.2. The number of para-hydroxylation sites is 1. The number of cyclic esters (lactones) is 1. The molecule has 1 heterocycles. The van der Waals surface area contributed by atoms with Gasteiger partial charge in [-0.05, 0) is 36.8 Å². The summed E-state index contributed by atoms with van der Waals surface area (Å²) in [6, 6.07) is 13.1. The van der Waals surface area contributed by atoms with Crippen LogP contribution in [0.15, 0.2) is 59.2 Å². The predicted molar refractivity (Wildman–Crippen MR) is 89.2 cm³/mol. The Bertz CT molecular complexity index is 827. The zero-order valence-corrected chi connectivity index (χ0v) is 13.2. The second-order valence-electron chi connectivity index (χ2n) is 5.23. The first-order chi connectivity index (χ1) is 11.7. The smallest absolute Gasteiger partial charge is 0.363 e. The highest BCUT2D eigenvalue weighted by Gasteiger charge is 2.24. The van der Waals surface area contributed by atoms with E-state index in [0.717, 1.165) is 12.0 Å². The van der Waals surface area contributed by atoms with Crippen LogP contribution in [0.1, 0.15) is 24.5 Å². The highest BCUT2D eigenvalue weighted by molar-refractivity contribution is 6.12. The maximum absolute atomic E-state index is 13.3. The zero-order valence-electron chi connectivity index (χ0n) is 13.2. The van der Waals surface area contributed by atoms with Crippen LogP contribution in [-0.2, 0) is 9.53 Å².